The van der Waals surface area contributed by atoms with Gasteiger partial charge in [-0.15, -0.1) is 12.4 Å². The fraction of sp³-hybridized carbons (Fsp3) is 0.632. The van der Waals surface area contributed by atoms with Gasteiger partial charge in [-0.3, -0.25) is 4.79 Å². The maximum atomic E-state index is 12.7. The van der Waals surface area contributed by atoms with Gasteiger partial charge in [-0.25, -0.2) is 0 Å². The SMILES string of the molecule is CCN(CC)C(=O)c1ccccc1O[C@@H]1C[C@@H]2CNC[C@@H]2C[C@H]1O.Cl. The molecule has 1 aromatic carbocycles. The van der Waals surface area contributed by atoms with Crippen molar-refractivity contribution in [2.45, 2.75) is 38.9 Å². The van der Waals surface area contributed by atoms with Crippen molar-refractivity contribution in [1.29, 1.82) is 0 Å². The molecule has 1 heterocycles. The summed E-state index contributed by atoms with van der Waals surface area (Å²) >= 11 is 0. The molecule has 0 bridgehead atoms. The Morgan fingerprint density at radius 3 is 2.52 bits per heavy atom. The number of nitrogens with one attached hydrogen (secondary N) is 1. The largest absolute Gasteiger partial charge is 0.487 e. The molecule has 5 nitrogen and oxygen atoms in total. The van der Waals surface area contributed by atoms with Crippen molar-refractivity contribution in [2.24, 2.45) is 11.8 Å². The number of aliphatic hydroxyl groups excluding tert-OH is 1. The van der Waals surface area contributed by atoms with Crippen LogP contribution in [0.2, 0.25) is 0 Å². The minimum Gasteiger partial charge on any atom is -0.487 e. The highest BCUT2D eigenvalue weighted by atomic mass is 35.5. The summed E-state index contributed by atoms with van der Waals surface area (Å²) in [7, 11) is 0. The summed E-state index contributed by atoms with van der Waals surface area (Å²) in [4.78, 5) is 14.5. The topological polar surface area (TPSA) is 61.8 Å². The number of rotatable bonds is 5. The molecule has 1 aromatic rings. The Hall–Kier alpha value is -1.30. The summed E-state index contributed by atoms with van der Waals surface area (Å²) in [6.45, 7) is 7.28. The van der Waals surface area contributed by atoms with E-state index in [0.717, 1.165) is 25.9 Å². The number of carbonyl (C=O) groups is 1. The van der Waals surface area contributed by atoms with Crippen LogP contribution in [0, 0.1) is 11.8 Å². The Bertz CT molecular complexity index is 580. The van der Waals surface area contributed by atoms with Crippen molar-refractivity contribution in [3.8, 4) is 5.75 Å². The molecule has 0 radical (unpaired) electrons. The number of fused-ring (bicyclic) bond motifs is 1. The zero-order valence-electron chi connectivity index (χ0n) is 15.0. The summed E-state index contributed by atoms with van der Waals surface area (Å²) in [5.41, 5.74) is 0.583. The van der Waals surface area contributed by atoms with Crippen LogP contribution in [0.25, 0.3) is 0 Å². The van der Waals surface area contributed by atoms with Crippen LogP contribution in [-0.4, -0.2) is 54.3 Å². The minimum atomic E-state index is -0.470. The molecule has 1 saturated heterocycles. The Morgan fingerprint density at radius 1 is 1.20 bits per heavy atom. The molecule has 2 fully saturated rings. The first-order valence-electron chi connectivity index (χ1n) is 9.07. The van der Waals surface area contributed by atoms with E-state index in [-0.39, 0.29) is 24.4 Å². The molecule has 1 saturated carbocycles. The maximum Gasteiger partial charge on any atom is 0.257 e. The first-order chi connectivity index (χ1) is 11.6. The molecule has 2 N–H and O–H groups in total. The van der Waals surface area contributed by atoms with Crippen LogP contribution in [0.4, 0.5) is 0 Å². The van der Waals surface area contributed by atoms with Gasteiger partial charge in [0, 0.05) is 13.1 Å². The average Bonchev–Trinajstić information content (AvgIpc) is 3.03. The third-order valence-electron chi connectivity index (χ3n) is 5.43. The molecular weight excluding hydrogens is 340 g/mol. The molecule has 0 aromatic heterocycles. The minimum absolute atomic E-state index is 0. The van der Waals surface area contributed by atoms with Gasteiger partial charge < -0.3 is 20.1 Å². The Labute approximate surface area is 156 Å². The number of hydrogen-bond acceptors (Lipinski definition) is 4. The van der Waals surface area contributed by atoms with Crippen molar-refractivity contribution in [2.75, 3.05) is 26.2 Å². The smallest absolute Gasteiger partial charge is 0.257 e. The molecular formula is C19H29ClN2O3. The number of carbonyl (C=O) groups excluding carboxylic acids is 1. The fourth-order valence-corrected chi connectivity index (χ4v) is 3.97. The molecule has 140 valence electrons. The van der Waals surface area contributed by atoms with Gasteiger partial charge in [0.05, 0.1) is 11.7 Å². The summed E-state index contributed by atoms with van der Waals surface area (Å²) in [6.07, 6.45) is 0.903. The molecule has 2 aliphatic rings. The summed E-state index contributed by atoms with van der Waals surface area (Å²) in [5, 5.41) is 13.9. The van der Waals surface area contributed by atoms with Gasteiger partial charge in [-0.2, -0.15) is 0 Å². The molecule has 1 aliphatic carbocycles. The van der Waals surface area contributed by atoms with E-state index >= 15 is 0 Å². The van der Waals surface area contributed by atoms with Crippen LogP contribution in [0.3, 0.4) is 0 Å². The Morgan fingerprint density at radius 2 is 1.84 bits per heavy atom. The maximum absolute atomic E-state index is 12.7. The molecule has 6 heteroatoms. The summed E-state index contributed by atoms with van der Waals surface area (Å²) in [6, 6.07) is 7.38. The quantitative estimate of drug-likeness (QED) is 0.837. The Kier molecular flexibility index (Phi) is 7.11. The van der Waals surface area contributed by atoms with Crippen molar-refractivity contribution >= 4 is 18.3 Å². The molecule has 4 atom stereocenters. The average molecular weight is 369 g/mol. The van der Waals surface area contributed by atoms with Gasteiger partial charge in [0.25, 0.3) is 5.91 Å². The zero-order valence-corrected chi connectivity index (χ0v) is 15.8. The Balaban J connectivity index is 0.00000225. The van der Waals surface area contributed by atoms with Crippen LogP contribution in [0.5, 0.6) is 5.75 Å². The second kappa shape index (κ2) is 8.88. The molecule has 1 aliphatic heterocycles. The van der Waals surface area contributed by atoms with Gasteiger partial charge >= 0.3 is 0 Å². The van der Waals surface area contributed by atoms with Gasteiger partial charge in [0.2, 0.25) is 0 Å². The fourth-order valence-electron chi connectivity index (χ4n) is 3.97. The van der Waals surface area contributed by atoms with Crippen molar-refractivity contribution < 1.29 is 14.6 Å². The number of para-hydroxylation sites is 1. The summed E-state index contributed by atoms with van der Waals surface area (Å²) in [5.74, 6) is 1.68. The van der Waals surface area contributed by atoms with E-state index in [2.05, 4.69) is 5.32 Å². The van der Waals surface area contributed by atoms with Crippen LogP contribution in [-0.2, 0) is 0 Å². The van der Waals surface area contributed by atoms with E-state index in [9.17, 15) is 9.90 Å². The lowest BCUT2D eigenvalue weighted by Crippen LogP contribution is -2.42. The highest BCUT2D eigenvalue weighted by Crippen LogP contribution is 2.35. The standard InChI is InChI=1S/C19H28N2O3.ClH/c1-3-21(4-2)19(23)15-7-5-6-8-17(15)24-18-10-14-12-20-11-13(14)9-16(18)22;/h5-8,13-14,16,18,20,22H,3-4,9-12H2,1-2H3;1H/t13-,14+,16+,18+;/m0./s1. The van der Waals surface area contributed by atoms with E-state index in [0.29, 0.717) is 36.2 Å². The molecule has 0 spiro atoms. The highest BCUT2D eigenvalue weighted by Gasteiger charge is 2.40. The van der Waals surface area contributed by atoms with Crippen LogP contribution in [0.15, 0.2) is 24.3 Å². The number of ether oxygens (including phenoxy) is 1. The van der Waals surface area contributed by atoms with Crippen molar-refractivity contribution in [3.05, 3.63) is 29.8 Å². The molecule has 25 heavy (non-hydrogen) atoms. The van der Waals surface area contributed by atoms with Gasteiger partial charge in [0.1, 0.15) is 11.9 Å². The third-order valence-corrected chi connectivity index (χ3v) is 5.43. The van der Waals surface area contributed by atoms with Gasteiger partial charge in [-0.1, -0.05) is 12.1 Å². The van der Waals surface area contributed by atoms with E-state index in [1.54, 1.807) is 4.90 Å². The predicted octanol–water partition coefficient (Wildman–Crippen LogP) is 2.33. The van der Waals surface area contributed by atoms with E-state index in [1.165, 1.54) is 0 Å². The number of benzene rings is 1. The van der Waals surface area contributed by atoms with Crippen molar-refractivity contribution in [3.63, 3.8) is 0 Å². The lowest BCUT2D eigenvalue weighted by atomic mass is 9.78. The lowest BCUT2D eigenvalue weighted by molar-refractivity contribution is -0.0235. The third kappa shape index (κ3) is 4.27. The zero-order chi connectivity index (χ0) is 17.1. The summed E-state index contributed by atoms with van der Waals surface area (Å²) < 4.78 is 6.14. The normalized spacial score (nSPS) is 28.0. The first-order valence-corrected chi connectivity index (χ1v) is 9.07. The first kappa shape index (κ1) is 20.0. The van der Waals surface area contributed by atoms with Gasteiger partial charge in [0.15, 0.2) is 0 Å². The number of halogens is 1. The molecule has 1 amide bonds. The molecule has 3 rings (SSSR count). The monoisotopic (exact) mass is 368 g/mol. The van der Waals surface area contributed by atoms with E-state index in [4.69, 9.17) is 4.74 Å². The predicted molar refractivity (Wildman–Crippen MR) is 100 cm³/mol. The van der Waals surface area contributed by atoms with E-state index in [1.807, 2.05) is 38.1 Å². The second-order valence-electron chi connectivity index (χ2n) is 6.85. The molecule has 0 unspecified atom stereocenters. The van der Waals surface area contributed by atoms with E-state index < -0.39 is 6.10 Å². The van der Waals surface area contributed by atoms with Crippen LogP contribution in [0.1, 0.15) is 37.0 Å². The van der Waals surface area contributed by atoms with Gasteiger partial charge in [-0.05, 0) is 63.7 Å². The second-order valence-corrected chi connectivity index (χ2v) is 6.85. The number of hydrogen-bond donors (Lipinski definition) is 2. The number of nitrogens with zero attached hydrogens (tertiary/aromatic N) is 1. The van der Waals surface area contributed by atoms with Crippen LogP contribution >= 0.6 is 12.4 Å². The van der Waals surface area contributed by atoms with Crippen LogP contribution < -0.4 is 10.1 Å². The van der Waals surface area contributed by atoms with Crippen molar-refractivity contribution in [1.82, 2.24) is 10.2 Å². The highest BCUT2D eigenvalue weighted by molar-refractivity contribution is 5.96. The lowest BCUT2D eigenvalue weighted by Gasteiger charge is -2.35. The number of aliphatic hydroxyl groups is 1. The number of amides is 1.